The minimum absolute atomic E-state index is 0.190. The third-order valence-corrected chi connectivity index (χ3v) is 3.76. The van der Waals surface area contributed by atoms with E-state index in [-0.39, 0.29) is 23.6 Å². The van der Waals surface area contributed by atoms with E-state index in [4.69, 9.17) is 21.8 Å². The molecule has 1 unspecified atom stereocenters. The van der Waals surface area contributed by atoms with Crippen molar-refractivity contribution < 1.29 is 9.21 Å². The summed E-state index contributed by atoms with van der Waals surface area (Å²) in [7, 11) is 0. The number of carbonyl (C=O) groups is 1. The highest BCUT2D eigenvalue weighted by Gasteiger charge is 2.19. The molecule has 2 aromatic rings. The summed E-state index contributed by atoms with van der Waals surface area (Å²) >= 11 is 6.07. The van der Waals surface area contributed by atoms with Crippen molar-refractivity contribution in [2.75, 3.05) is 6.54 Å². The molecule has 3 N–H and O–H groups in total. The monoisotopic (exact) mass is 321 g/mol. The fourth-order valence-electron chi connectivity index (χ4n) is 1.93. The highest BCUT2D eigenvalue weighted by Crippen LogP contribution is 2.18. The lowest BCUT2D eigenvalue weighted by Gasteiger charge is -2.10. The van der Waals surface area contributed by atoms with Crippen molar-refractivity contribution in [3.63, 3.8) is 0 Å². The van der Waals surface area contributed by atoms with Gasteiger partial charge in [0.1, 0.15) is 6.26 Å². The first-order valence-corrected chi connectivity index (χ1v) is 7.59. The van der Waals surface area contributed by atoms with Crippen molar-refractivity contribution in [3.05, 3.63) is 52.7 Å². The maximum Gasteiger partial charge on any atom is 0.273 e. The minimum Gasteiger partial charge on any atom is -0.446 e. The molecule has 0 spiro atoms. The molecule has 0 fully saturated rings. The Morgan fingerprint density at radius 2 is 2.14 bits per heavy atom. The summed E-state index contributed by atoms with van der Waals surface area (Å²) in [5, 5.41) is 3.49. The SMILES string of the molecule is CC(C)C(N)c1nc(C(=O)NCCc2ccccc2Cl)co1. The molecular weight excluding hydrogens is 302 g/mol. The average Bonchev–Trinajstić information content (AvgIpc) is 2.98. The first-order valence-electron chi connectivity index (χ1n) is 7.21. The maximum absolute atomic E-state index is 12.0. The first-order chi connectivity index (χ1) is 10.5. The Kier molecular flexibility index (Phi) is 5.57. The van der Waals surface area contributed by atoms with Gasteiger partial charge in [-0.1, -0.05) is 43.6 Å². The van der Waals surface area contributed by atoms with Gasteiger partial charge in [-0.15, -0.1) is 0 Å². The zero-order chi connectivity index (χ0) is 16.1. The van der Waals surface area contributed by atoms with E-state index in [0.717, 1.165) is 5.56 Å². The van der Waals surface area contributed by atoms with Crippen LogP contribution in [-0.4, -0.2) is 17.4 Å². The van der Waals surface area contributed by atoms with Crippen molar-refractivity contribution in [2.45, 2.75) is 26.3 Å². The lowest BCUT2D eigenvalue weighted by Crippen LogP contribution is -2.26. The molecular formula is C16H20ClN3O2. The molecule has 0 bridgehead atoms. The van der Waals surface area contributed by atoms with Crippen LogP contribution in [0.25, 0.3) is 0 Å². The Hall–Kier alpha value is -1.85. The van der Waals surface area contributed by atoms with E-state index in [1.807, 2.05) is 38.1 Å². The molecule has 1 amide bonds. The first kappa shape index (κ1) is 16.5. The van der Waals surface area contributed by atoms with Crippen molar-refractivity contribution in [1.82, 2.24) is 10.3 Å². The van der Waals surface area contributed by atoms with Crippen LogP contribution >= 0.6 is 11.6 Å². The van der Waals surface area contributed by atoms with E-state index in [9.17, 15) is 4.79 Å². The van der Waals surface area contributed by atoms with Gasteiger partial charge in [-0.25, -0.2) is 4.98 Å². The number of hydrogen-bond donors (Lipinski definition) is 2. The molecule has 22 heavy (non-hydrogen) atoms. The van der Waals surface area contributed by atoms with Gasteiger partial charge in [0, 0.05) is 11.6 Å². The van der Waals surface area contributed by atoms with Crippen LogP contribution in [0, 0.1) is 5.92 Å². The van der Waals surface area contributed by atoms with Crippen molar-refractivity contribution in [1.29, 1.82) is 0 Å². The molecule has 1 aromatic heterocycles. The standard InChI is InChI=1S/C16H20ClN3O2/c1-10(2)14(18)16-20-13(9-22-16)15(21)19-8-7-11-5-3-4-6-12(11)17/h3-6,9-10,14H,7-8,18H2,1-2H3,(H,19,21). The van der Waals surface area contributed by atoms with Gasteiger partial charge in [-0.2, -0.15) is 0 Å². The Balaban J connectivity index is 1.89. The largest absolute Gasteiger partial charge is 0.446 e. The van der Waals surface area contributed by atoms with Gasteiger partial charge >= 0.3 is 0 Å². The molecule has 0 saturated carbocycles. The van der Waals surface area contributed by atoms with E-state index in [1.165, 1.54) is 6.26 Å². The second kappa shape index (κ2) is 7.42. The lowest BCUT2D eigenvalue weighted by molar-refractivity contribution is 0.0949. The summed E-state index contributed by atoms with van der Waals surface area (Å²) in [6.45, 7) is 4.41. The zero-order valence-corrected chi connectivity index (χ0v) is 13.4. The summed E-state index contributed by atoms with van der Waals surface area (Å²) < 4.78 is 5.27. The van der Waals surface area contributed by atoms with E-state index >= 15 is 0 Å². The molecule has 1 heterocycles. The molecule has 0 aliphatic rings. The van der Waals surface area contributed by atoms with Crippen molar-refractivity contribution >= 4 is 17.5 Å². The Morgan fingerprint density at radius 1 is 1.41 bits per heavy atom. The van der Waals surface area contributed by atoms with Crippen LogP contribution in [-0.2, 0) is 6.42 Å². The Labute approximate surface area is 134 Å². The van der Waals surface area contributed by atoms with E-state index in [2.05, 4.69) is 10.3 Å². The summed E-state index contributed by atoms with van der Waals surface area (Å²) in [5.41, 5.74) is 7.18. The molecule has 1 atom stereocenters. The molecule has 0 aliphatic carbocycles. The van der Waals surface area contributed by atoms with Crippen LogP contribution in [0.3, 0.4) is 0 Å². The molecule has 5 nitrogen and oxygen atoms in total. The van der Waals surface area contributed by atoms with Crippen LogP contribution in [0.1, 0.15) is 41.8 Å². The number of benzene rings is 1. The van der Waals surface area contributed by atoms with E-state index in [0.29, 0.717) is 23.9 Å². The number of nitrogens with two attached hydrogens (primary N) is 1. The number of carbonyl (C=O) groups excluding carboxylic acids is 1. The second-order valence-electron chi connectivity index (χ2n) is 5.44. The van der Waals surface area contributed by atoms with E-state index < -0.39 is 0 Å². The van der Waals surface area contributed by atoms with Gasteiger partial charge in [-0.05, 0) is 24.0 Å². The third kappa shape index (κ3) is 4.08. The van der Waals surface area contributed by atoms with E-state index in [1.54, 1.807) is 0 Å². The predicted octanol–water partition coefficient (Wildman–Crippen LogP) is 2.96. The molecule has 1 aromatic carbocycles. The molecule has 0 radical (unpaired) electrons. The minimum atomic E-state index is -0.315. The highest BCUT2D eigenvalue weighted by molar-refractivity contribution is 6.31. The van der Waals surface area contributed by atoms with Crippen molar-refractivity contribution in [3.8, 4) is 0 Å². The number of hydrogen-bond acceptors (Lipinski definition) is 4. The number of rotatable bonds is 6. The molecule has 118 valence electrons. The van der Waals surface area contributed by atoms with Gasteiger partial charge in [0.25, 0.3) is 5.91 Å². The molecule has 6 heteroatoms. The molecule has 0 aliphatic heterocycles. The smallest absolute Gasteiger partial charge is 0.273 e. The fourth-order valence-corrected chi connectivity index (χ4v) is 2.16. The van der Waals surface area contributed by atoms with Gasteiger partial charge in [-0.3, -0.25) is 4.79 Å². The van der Waals surface area contributed by atoms with Gasteiger partial charge < -0.3 is 15.5 Å². The number of nitrogens with one attached hydrogen (secondary N) is 1. The number of halogens is 1. The average molecular weight is 322 g/mol. The number of amides is 1. The summed E-state index contributed by atoms with van der Waals surface area (Å²) in [6.07, 6.45) is 1.99. The topological polar surface area (TPSA) is 81.1 Å². The second-order valence-corrected chi connectivity index (χ2v) is 5.85. The third-order valence-electron chi connectivity index (χ3n) is 3.40. The summed E-state index contributed by atoms with van der Waals surface area (Å²) in [6, 6.07) is 7.24. The lowest BCUT2D eigenvalue weighted by atomic mass is 10.1. The number of aromatic nitrogens is 1. The van der Waals surface area contributed by atoms with Gasteiger partial charge in [0.15, 0.2) is 5.69 Å². The van der Waals surface area contributed by atoms with Crippen LogP contribution in [0.15, 0.2) is 34.9 Å². The number of nitrogens with zero attached hydrogens (tertiary/aromatic N) is 1. The molecule has 2 rings (SSSR count). The zero-order valence-electron chi connectivity index (χ0n) is 12.7. The Bertz CT molecular complexity index is 640. The predicted molar refractivity (Wildman–Crippen MR) is 85.8 cm³/mol. The van der Waals surface area contributed by atoms with Crippen LogP contribution in [0.5, 0.6) is 0 Å². The highest BCUT2D eigenvalue weighted by atomic mass is 35.5. The maximum atomic E-state index is 12.0. The fraction of sp³-hybridized carbons (Fsp3) is 0.375. The summed E-state index contributed by atoms with van der Waals surface area (Å²) in [4.78, 5) is 16.2. The van der Waals surface area contributed by atoms with Gasteiger partial charge in [0.2, 0.25) is 5.89 Å². The van der Waals surface area contributed by atoms with Crippen LogP contribution in [0.2, 0.25) is 5.02 Å². The van der Waals surface area contributed by atoms with Crippen LogP contribution in [0.4, 0.5) is 0 Å². The summed E-state index contributed by atoms with van der Waals surface area (Å²) in [5.74, 6) is 0.291. The van der Waals surface area contributed by atoms with Crippen molar-refractivity contribution in [2.24, 2.45) is 11.7 Å². The molecule has 0 saturated heterocycles. The normalized spacial score (nSPS) is 12.4. The van der Waals surface area contributed by atoms with Crippen LogP contribution < -0.4 is 11.1 Å². The van der Waals surface area contributed by atoms with Gasteiger partial charge in [0.05, 0.1) is 6.04 Å². The Morgan fingerprint density at radius 3 is 2.82 bits per heavy atom. The quantitative estimate of drug-likeness (QED) is 0.857. The number of oxazole rings is 1.